The Hall–Kier alpha value is -1.48. The number of benzene rings is 1. The van der Waals surface area contributed by atoms with Crippen LogP contribution in [0.5, 0.6) is 11.5 Å². The first-order valence-corrected chi connectivity index (χ1v) is 8.09. The maximum absolute atomic E-state index is 5.80. The minimum Gasteiger partial charge on any atom is -0.493 e. The smallest absolute Gasteiger partial charge is 0.127 e. The second-order valence-corrected chi connectivity index (χ2v) is 5.50. The van der Waals surface area contributed by atoms with Gasteiger partial charge in [0.05, 0.1) is 12.6 Å². The number of hydrogen-bond donors (Lipinski definition) is 1. The Morgan fingerprint density at radius 2 is 2.29 bits per heavy atom. The van der Waals surface area contributed by atoms with E-state index in [4.69, 9.17) is 9.47 Å². The van der Waals surface area contributed by atoms with Gasteiger partial charge in [-0.05, 0) is 50.8 Å². The van der Waals surface area contributed by atoms with Crippen molar-refractivity contribution in [1.29, 1.82) is 0 Å². The van der Waals surface area contributed by atoms with Gasteiger partial charge in [-0.25, -0.2) is 0 Å². The summed E-state index contributed by atoms with van der Waals surface area (Å²) in [5.74, 6) is 1.88. The van der Waals surface area contributed by atoms with Crippen LogP contribution in [0.2, 0.25) is 0 Å². The van der Waals surface area contributed by atoms with Crippen LogP contribution in [-0.2, 0) is 0 Å². The Kier molecular flexibility index (Phi) is 6.61. The first-order valence-electron chi connectivity index (χ1n) is 8.09. The Morgan fingerprint density at radius 1 is 1.38 bits per heavy atom. The monoisotopic (exact) mass is 289 g/mol. The maximum Gasteiger partial charge on any atom is 0.127 e. The van der Waals surface area contributed by atoms with Gasteiger partial charge in [-0.2, -0.15) is 0 Å². The molecule has 1 heterocycles. The summed E-state index contributed by atoms with van der Waals surface area (Å²) in [6.07, 6.45) is 7.69. The van der Waals surface area contributed by atoms with Crippen LogP contribution in [0.1, 0.15) is 50.6 Å². The van der Waals surface area contributed by atoms with Gasteiger partial charge in [0, 0.05) is 11.6 Å². The number of ether oxygens (including phenoxy) is 2. The molecule has 3 heteroatoms. The van der Waals surface area contributed by atoms with Crippen LogP contribution in [0.3, 0.4) is 0 Å². The Bertz CT molecular complexity index is 445. The Balaban J connectivity index is 1.78. The zero-order valence-electron chi connectivity index (χ0n) is 13.1. The summed E-state index contributed by atoms with van der Waals surface area (Å²) in [4.78, 5) is 0. The van der Waals surface area contributed by atoms with Crippen molar-refractivity contribution in [3.63, 3.8) is 0 Å². The predicted molar refractivity (Wildman–Crippen MR) is 87.1 cm³/mol. The van der Waals surface area contributed by atoms with E-state index in [-0.39, 0.29) is 0 Å². The van der Waals surface area contributed by atoms with Crippen molar-refractivity contribution in [2.45, 2.75) is 45.1 Å². The van der Waals surface area contributed by atoms with E-state index in [1.807, 2.05) is 12.1 Å². The lowest BCUT2D eigenvalue weighted by Crippen LogP contribution is -2.22. The van der Waals surface area contributed by atoms with Gasteiger partial charge in [0.2, 0.25) is 0 Å². The van der Waals surface area contributed by atoms with Gasteiger partial charge in [0.25, 0.3) is 0 Å². The van der Waals surface area contributed by atoms with Crippen molar-refractivity contribution in [3.8, 4) is 11.5 Å². The maximum atomic E-state index is 5.80. The molecule has 0 aromatic heterocycles. The van der Waals surface area contributed by atoms with Crippen molar-refractivity contribution < 1.29 is 9.47 Å². The summed E-state index contributed by atoms with van der Waals surface area (Å²) >= 11 is 0. The van der Waals surface area contributed by atoms with E-state index in [0.29, 0.717) is 6.04 Å². The first-order chi connectivity index (χ1) is 10.3. The molecule has 1 aromatic rings. The third kappa shape index (κ3) is 4.78. The lowest BCUT2D eigenvalue weighted by molar-refractivity contribution is 0.297. The molecule has 0 saturated carbocycles. The van der Waals surface area contributed by atoms with Gasteiger partial charge in [0.1, 0.15) is 18.1 Å². The van der Waals surface area contributed by atoms with E-state index in [2.05, 4.69) is 31.0 Å². The quantitative estimate of drug-likeness (QED) is 0.516. The molecule has 0 spiro atoms. The molecular weight excluding hydrogens is 262 g/mol. The van der Waals surface area contributed by atoms with Gasteiger partial charge in [-0.15, -0.1) is 6.58 Å². The van der Waals surface area contributed by atoms with Crippen LogP contribution in [0, 0.1) is 0 Å². The minimum absolute atomic E-state index is 0.327. The number of fused-ring (bicyclic) bond motifs is 1. The summed E-state index contributed by atoms with van der Waals surface area (Å²) in [5.41, 5.74) is 1.25. The highest BCUT2D eigenvalue weighted by atomic mass is 16.5. The van der Waals surface area contributed by atoms with Gasteiger partial charge in [0.15, 0.2) is 0 Å². The second kappa shape index (κ2) is 8.73. The molecule has 2 rings (SSSR count). The highest BCUT2D eigenvalue weighted by Gasteiger charge is 2.23. The summed E-state index contributed by atoms with van der Waals surface area (Å²) in [6, 6.07) is 6.53. The molecule has 0 amide bonds. The average Bonchev–Trinajstić information content (AvgIpc) is 2.91. The normalized spacial score (nSPS) is 16.3. The average molecular weight is 289 g/mol. The molecule has 1 aromatic carbocycles. The van der Waals surface area contributed by atoms with Crippen molar-refractivity contribution in [2.24, 2.45) is 0 Å². The summed E-state index contributed by atoms with van der Waals surface area (Å²) < 4.78 is 11.6. The van der Waals surface area contributed by atoms with E-state index in [0.717, 1.165) is 50.5 Å². The molecule has 0 aliphatic carbocycles. The number of unbranched alkanes of at least 4 members (excludes halogenated alkanes) is 3. The van der Waals surface area contributed by atoms with Gasteiger partial charge in [-0.3, -0.25) is 0 Å². The van der Waals surface area contributed by atoms with Crippen LogP contribution >= 0.6 is 0 Å². The highest BCUT2D eigenvalue weighted by Crippen LogP contribution is 2.35. The van der Waals surface area contributed by atoms with E-state index in [1.165, 1.54) is 18.4 Å². The van der Waals surface area contributed by atoms with Gasteiger partial charge < -0.3 is 14.8 Å². The predicted octanol–water partition coefficient (Wildman–Crippen LogP) is 4.24. The zero-order chi connectivity index (χ0) is 14.9. The molecule has 0 radical (unpaired) electrons. The van der Waals surface area contributed by atoms with Crippen molar-refractivity contribution in [2.75, 3.05) is 19.8 Å². The second-order valence-electron chi connectivity index (χ2n) is 5.50. The lowest BCUT2D eigenvalue weighted by Gasteiger charge is -2.11. The van der Waals surface area contributed by atoms with Crippen molar-refractivity contribution in [1.82, 2.24) is 5.32 Å². The van der Waals surface area contributed by atoms with E-state index < -0.39 is 0 Å². The molecule has 21 heavy (non-hydrogen) atoms. The number of hydrogen-bond acceptors (Lipinski definition) is 3. The number of allylic oxidation sites excluding steroid dienone is 1. The van der Waals surface area contributed by atoms with E-state index in [9.17, 15) is 0 Å². The third-order valence-electron chi connectivity index (χ3n) is 3.73. The fourth-order valence-electron chi connectivity index (χ4n) is 2.53. The summed E-state index contributed by atoms with van der Waals surface area (Å²) in [6.45, 7) is 8.43. The highest BCUT2D eigenvalue weighted by molar-refractivity contribution is 5.45. The van der Waals surface area contributed by atoms with Crippen LogP contribution in [0.4, 0.5) is 0 Å². The standard InChI is InChI=1S/C18H27NO2/c1-3-5-6-7-8-12-20-15-9-10-16-17(19-11-4-2)14-21-18(16)13-15/h3,9-10,13,17,19H,1,4-8,11-12,14H2,2H3. The molecule has 1 unspecified atom stereocenters. The number of nitrogens with one attached hydrogen (secondary N) is 1. The molecule has 1 atom stereocenters. The van der Waals surface area contributed by atoms with Crippen LogP contribution < -0.4 is 14.8 Å². The van der Waals surface area contributed by atoms with Gasteiger partial charge >= 0.3 is 0 Å². The molecule has 1 aliphatic rings. The van der Waals surface area contributed by atoms with Gasteiger partial charge in [-0.1, -0.05) is 13.0 Å². The summed E-state index contributed by atoms with van der Waals surface area (Å²) in [7, 11) is 0. The lowest BCUT2D eigenvalue weighted by atomic mass is 10.1. The van der Waals surface area contributed by atoms with Crippen LogP contribution in [0.25, 0.3) is 0 Å². The van der Waals surface area contributed by atoms with E-state index in [1.54, 1.807) is 0 Å². The van der Waals surface area contributed by atoms with Crippen LogP contribution in [-0.4, -0.2) is 19.8 Å². The molecule has 1 N–H and O–H groups in total. The third-order valence-corrected chi connectivity index (χ3v) is 3.73. The molecule has 0 bridgehead atoms. The van der Waals surface area contributed by atoms with Crippen LogP contribution in [0.15, 0.2) is 30.9 Å². The number of rotatable bonds is 10. The molecule has 0 saturated heterocycles. The Labute approximate surface area is 128 Å². The minimum atomic E-state index is 0.327. The molecular formula is C18H27NO2. The molecule has 3 nitrogen and oxygen atoms in total. The fourth-order valence-corrected chi connectivity index (χ4v) is 2.53. The fraction of sp³-hybridized carbons (Fsp3) is 0.556. The van der Waals surface area contributed by atoms with Crippen molar-refractivity contribution in [3.05, 3.63) is 36.4 Å². The largest absolute Gasteiger partial charge is 0.493 e. The zero-order valence-corrected chi connectivity index (χ0v) is 13.1. The van der Waals surface area contributed by atoms with E-state index >= 15 is 0 Å². The first kappa shape index (κ1) is 15.9. The summed E-state index contributed by atoms with van der Waals surface area (Å²) in [5, 5.41) is 3.50. The van der Waals surface area contributed by atoms with Crippen molar-refractivity contribution >= 4 is 0 Å². The SMILES string of the molecule is C=CCCCCCOc1ccc2c(c1)OCC2NCCC. The molecule has 0 fully saturated rings. The molecule has 1 aliphatic heterocycles. The topological polar surface area (TPSA) is 30.5 Å². The molecule has 116 valence electrons. The Morgan fingerprint density at radius 3 is 3.10 bits per heavy atom.